The molecule has 0 aliphatic carbocycles. The molecule has 0 bridgehead atoms. The minimum absolute atomic E-state index is 0.0283. The molecule has 0 aromatic heterocycles. The SMILES string of the molecule is CCCCCCCCCCCC(=O)OC(=O)C(N)CCC(=O)O.OCCN(CCO)CCO. The number of aliphatic hydroxyl groups is 3. The molecule has 10 nitrogen and oxygen atoms in total. The van der Waals surface area contributed by atoms with E-state index in [4.69, 9.17) is 26.2 Å². The molecule has 0 saturated carbocycles. The van der Waals surface area contributed by atoms with Gasteiger partial charge < -0.3 is 30.9 Å². The van der Waals surface area contributed by atoms with E-state index >= 15 is 0 Å². The molecule has 10 heteroatoms. The number of nitrogens with zero attached hydrogens (tertiary/aromatic N) is 1. The number of unbranched alkanes of at least 4 members (excludes halogenated alkanes) is 8. The monoisotopic (exact) mass is 478 g/mol. The van der Waals surface area contributed by atoms with Gasteiger partial charge in [0.1, 0.15) is 6.04 Å². The highest BCUT2D eigenvalue weighted by Crippen LogP contribution is 2.11. The van der Waals surface area contributed by atoms with Crippen molar-refractivity contribution in [2.24, 2.45) is 5.73 Å². The lowest BCUT2D eigenvalue weighted by molar-refractivity contribution is -0.160. The number of nitrogens with two attached hydrogens (primary N) is 1. The number of aliphatic carboxylic acids is 1. The van der Waals surface area contributed by atoms with Crippen molar-refractivity contribution in [3.8, 4) is 0 Å². The summed E-state index contributed by atoms with van der Waals surface area (Å²) in [6.45, 7) is 3.95. The summed E-state index contributed by atoms with van der Waals surface area (Å²) in [5.41, 5.74) is 5.47. The van der Waals surface area contributed by atoms with Crippen LogP contribution in [0.25, 0.3) is 0 Å². The van der Waals surface area contributed by atoms with Crippen LogP contribution in [0.2, 0.25) is 0 Å². The van der Waals surface area contributed by atoms with Gasteiger partial charge in [-0.1, -0.05) is 58.3 Å². The molecule has 0 radical (unpaired) electrons. The van der Waals surface area contributed by atoms with Gasteiger partial charge in [0, 0.05) is 32.5 Å². The molecule has 33 heavy (non-hydrogen) atoms. The van der Waals surface area contributed by atoms with E-state index < -0.39 is 23.9 Å². The molecule has 196 valence electrons. The molecule has 1 unspecified atom stereocenters. The summed E-state index contributed by atoms with van der Waals surface area (Å²) >= 11 is 0. The molecule has 0 spiro atoms. The van der Waals surface area contributed by atoms with Crippen molar-refractivity contribution in [2.45, 2.75) is 90.0 Å². The minimum atomic E-state index is -1.06. The summed E-state index contributed by atoms with van der Waals surface area (Å²) in [6.07, 6.45) is 10.2. The topological polar surface area (TPSA) is 171 Å². The standard InChI is InChI=1S/C17H31NO5.C6H15NO3/c1-2-3-4-5-6-7-8-9-10-11-16(21)23-17(22)14(18)12-13-15(19)20;8-4-1-7(2-5-9)3-6-10/h14H,2-13,18H2,1H3,(H,19,20);8-10H,1-6H2. The number of carboxylic acid groups (broad SMARTS) is 1. The van der Waals surface area contributed by atoms with Crippen LogP contribution in [0, 0.1) is 0 Å². The van der Waals surface area contributed by atoms with Gasteiger partial charge in [0.15, 0.2) is 0 Å². The summed E-state index contributed by atoms with van der Waals surface area (Å²) in [7, 11) is 0. The third kappa shape index (κ3) is 24.9. The number of carbonyl (C=O) groups excluding carboxylic acids is 2. The van der Waals surface area contributed by atoms with Crippen molar-refractivity contribution in [2.75, 3.05) is 39.5 Å². The Kier molecular flexibility index (Phi) is 25.5. The molecule has 0 fully saturated rings. The maximum absolute atomic E-state index is 11.5. The van der Waals surface area contributed by atoms with Crippen LogP contribution in [0.1, 0.15) is 84.0 Å². The zero-order chi connectivity index (χ0) is 25.3. The van der Waals surface area contributed by atoms with E-state index in [-0.39, 0.29) is 39.1 Å². The molecule has 0 saturated heterocycles. The Morgan fingerprint density at radius 2 is 1.24 bits per heavy atom. The lowest BCUT2D eigenvalue weighted by atomic mass is 10.1. The second-order valence-corrected chi connectivity index (χ2v) is 7.92. The number of hydrogen-bond donors (Lipinski definition) is 5. The van der Waals surface area contributed by atoms with Crippen LogP contribution < -0.4 is 5.73 Å². The Balaban J connectivity index is 0. The highest BCUT2D eigenvalue weighted by molar-refractivity contribution is 5.88. The van der Waals surface area contributed by atoms with Crippen LogP contribution in [0.15, 0.2) is 0 Å². The summed E-state index contributed by atoms with van der Waals surface area (Å²) < 4.78 is 4.62. The Morgan fingerprint density at radius 1 is 0.788 bits per heavy atom. The van der Waals surface area contributed by atoms with E-state index in [0.717, 1.165) is 12.8 Å². The first-order valence-electron chi connectivity index (χ1n) is 12.1. The fraction of sp³-hybridized carbons (Fsp3) is 0.870. The van der Waals surface area contributed by atoms with E-state index in [9.17, 15) is 14.4 Å². The molecule has 0 amide bonds. The fourth-order valence-corrected chi connectivity index (χ4v) is 2.98. The molecule has 1 atom stereocenters. The Bertz CT molecular complexity index is 477. The van der Waals surface area contributed by atoms with E-state index in [0.29, 0.717) is 26.1 Å². The zero-order valence-corrected chi connectivity index (χ0v) is 20.3. The molecule has 0 aromatic carbocycles. The number of rotatable bonds is 20. The Morgan fingerprint density at radius 3 is 1.67 bits per heavy atom. The Labute approximate surface area is 198 Å². The van der Waals surface area contributed by atoms with Crippen molar-refractivity contribution >= 4 is 17.9 Å². The molecule has 0 aliphatic heterocycles. The summed E-state index contributed by atoms with van der Waals surface area (Å²) in [5.74, 6) is -2.45. The molecule has 0 aliphatic rings. The molecular formula is C23H46N2O8. The van der Waals surface area contributed by atoms with Gasteiger partial charge in [-0.3, -0.25) is 14.5 Å². The van der Waals surface area contributed by atoms with E-state index in [1.54, 1.807) is 4.90 Å². The van der Waals surface area contributed by atoms with Gasteiger partial charge in [0.25, 0.3) is 0 Å². The molecule has 0 aromatic rings. The van der Waals surface area contributed by atoms with Crippen LogP contribution in [-0.4, -0.2) is 88.7 Å². The first-order valence-corrected chi connectivity index (χ1v) is 12.1. The van der Waals surface area contributed by atoms with Crippen LogP contribution in [0.5, 0.6) is 0 Å². The smallest absolute Gasteiger partial charge is 0.330 e. The predicted molar refractivity (Wildman–Crippen MR) is 125 cm³/mol. The molecule has 6 N–H and O–H groups in total. The summed E-state index contributed by atoms with van der Waals surface area (Å²) in [6, 6.07) is -1.06. The first kappa shape index (κ1) is 33.6. The molecular weight excluding hydrogens is 432 g/mol. The number of aliphatic hydroxyl groups excluding tert-OH is 3. The van der Waals surface area contributed by atoms with E-state index in [1.807, 2.05) is 0 Å². The normalized spacial score (nSPS) is 11.6. The van der Waals surface area contributed by atoms with Gasteiger partial charge in [-0.25, -0.2) is 4.79 Å². The van der Waals surface area contributed by atoms with Gasteiger partial charge >= 0.3 is 17.9 Å². The second kappa shape index (κ2) is 25.0. The van der Waals surface area contributed by atoms with Crippen LogP contribution in [-0.2, 0) is 19.1 Å². The second-order valence-electron chi connectivity index (χ2n) is 7.92. The number of esters is 2. The van der Waals surface area contributed by atoms with E-state index in [2.05, 4.69) is 11.7 Å². The molecule has 0 heterocycles. The lowest BCUT2D eigenvalue weighted by Crippen LogP contribution is -2.34. The fourth-order valence-electron chi connectivity index (χ4n) is 2.98. The van der Waals surface area contributed by atoms with Crippen molar-refractivity contribution in [3.63, 3.8) is 0 Å². The quantitative estimate of drug-likeness (QED) is 0.0979. The third-order valence-corrected chi connectivity index (χ3v) is 4.92. The predicted octanol–water partition coefficient (Wildman–Crippen LogP) is 1.43. The third-order valence-electron chi connectivity index (χ3n) is 4.92. The number of carbonyl (C=O) groups is 3. The van der Waals surface area contributed by atoms with Gasteiger partial charge in [-0.15, -0.1) is 0 Å². The average Bonchev–Trinajstić information content (AvgIpc) is 2.77. The van der Waals surface area contributed by atoms with Crippen molar-refractivity contribution in [3.05, 3.63) is 0 Å². The largest absolute Gasteiger partial charge is 0.481 e. The maximum atomic E-state index is 11.5. The van der Waals surface area contributed by atoms with Crippen molar-refractivity contribution in [1.82, 2.24) is 4.90 Å². The highest BCUT2D eigenvalue weighted by atomic mass is 16.6. The average molecular weight is 479 g/mol. The highest BCUT2D eigenvalue weighted by Gasteiger charge is 2.19. The van der Waals surface area contributed by atoms with E-state index in [1.165, 1.54) is 38.5 Å². The van der Waals surface area contributed by atoms with Crippen molar-refractivity contribution in [1.29, 1.82) is 0 Å². The van der Waals surface area contributed by atoms with Gasteiger partial charge in [0.2, 0.25) is 0 Å². The minimum Gasteiger partial charge on any atom is -0.481 e. The number of hydrogen-bond acceptors (Lipinski definition) is 9. The lowest BCUT2D eigenvalue weighted by Gasteiger charge is -2.17. The Hall–Kier alpha value is -1.59. The zero-order valence-electron chi connectivity index (χ0n) is 20.3. The molecule has 0 rings (SSSR count). The van der Waals surface area contributed by atoms with Crippen LogP contribution >= 0.6 is 0 Å². The van der Waals surface area contributed by atoms with Gasteiger partial charge in [0.05, 0.1) is 19.8 Å². The van der Waals surface area contributed by atoms with Gasteiger partial charge in [-0.2, -0.15) is 0 Å². The number of carboxylic acids is 1. The van der Waals surface area contributed by atoms with Crippen molar-refractivity contribution < 1.29 is 39.5 Å². The number of ether oxygens (including phenoxy) is 1. The first-order chi connectivity index (χ1) is 15.8. The van der Waals surface area contributed by atoms with Crippen LogP contribution in [0.4, 0.5) is 0 Å². The van der Waals surface area contributed by atoms with Crippen LogP contribution in [0.3, 0.4) is 0 Å². The maximum Gasteiger partial charge on any atom is 0.330 e. The van der Waals surface area contributed by atoms with Gasteiger partial charge in [-0.05, 0) is 12.8 Å². The summed E-state index contributed by atoms with van der Waals surface area (Å²) in [5, 5.41) is 34.0. The summed E-state index contributed by atoms with van der Waals surface area (Å²) in [4.78, 5) is 35.1.